The van der Waals surface area contributed by atoms with Crippen LogP contribution in [0.5, 0.6) is 0 Å². The molecule has 2 amide bonds. The third-order valence-electron chi connectivity index (χ3n) is 3.74. The lowest BCUT2D eigenvalue weighted by atomic mass is 10.1. The maximum Gasteiger partial charge on any atom is 0.317 e. The summed E-state index contributed by atoms with van der Waals surface area (Å²) in [6.07, 6.45) is 3.29. The van der Waals surface area contributed by atoms with Crippen LogP contribution in [0.15, 0.2) is 27.3 Å². The van der Waals surface area contributed by atoms with Crippen molar-refractivity contribution in [2.75, 3.05) is 13.1 Å². The van der Waals surface area contributed by atoms with E-state index in [1.165, 1.54) is 0 Å². The van der Waals surface area contributed by atoms with E-state index in [0.29, 0.717) is 38.0 Å². The van der Waals surface area contributed by atoms with Crippen molar-refractivity contribution in [3.8, 4) is 0 Å². The summed E-state index contributed by atoms with van der Waals surface area (Å²) < 4.78 is 16.0. The molecule has 1 aliphatic heterocycles. The van der Waals surface area contributed by atoms with Crippen molar-refractivity contribution in [3.05, 3.63) is 35.9 Å². The molecule has 2 aromatic rings. The van der Waals surface area contributed by atoms with Crippen LogP contribution in [-0.4, -0.2) is 40.3 Å². The first-order valence-electron chi connectivity index (χ1n) is 7.66. The number of hydrogen-bond acceptors (Lipinski definition) is 6. The Hall–Kier alpha value is -2.35. The van der Waals surface area contributed by atoms with E-state index < -0.39 is 0 Å². The van der Waals surface area contributed by atoms with Crippen LogP contribution < -0.4 is 5.32 Å². The van der Waals surface area contributed by atoms with Crippen molar-refractivity contribution in [1.29, 1.82) is 0 Å². The fourth-order valence-corrected chi connectivity index (χ4v) is 2.50. The van der Waals surface area contributed by atoms with Crippen LogP contribution in [0, 0.1) is 6.92 Å². The average Bonchev–Trinajstić information content (AvgIpc) is 3.22. The lowest BCUT2D eigenvalue weighted by Crippen LogP contribution is -2.45. The minimum Gasteiger partial charge on any atom is -0.467 e. The molecule has 0 aliphatic carbocycles. The molecule has 0 radical (unpaired) electrons. The van der Waals surface area contributed by atoms with E-state index in [9.17, 15) is 4.79 Å². The Morgan fingerprint density at radius 2 is 2.30 bits per heavy atom. The Kier molecular flexibility index (Phi) is 4.92. The fourth-order valence-electron chi connectivity index (χ4n) is 2.50. The number of amides is 2. The summed E-state index contributed by atoms with van der Waals surface area (Å²) in [5, 5.41) is 6.57. The van der Waals surface area contributed by atoms with Crippen molar-refractivity contribution < 1.29 is 18.5 Å². The van der Waals surface area contributed by atoms with Crippen molar-refractivity contribution in [1.82, 2.24) is 20.4 Å². The van der Waals surface area contributed by atoms with Crippen LogP contribution >= 0.6 is 0 Å². The second kappa shape index (κ2) is 7.28. The van der Waals surface area contributed by atoms with Crippen LogP contribution in [-0.2, 0) is 17.9 Å². The molecule has 124 valence electrons. The molecular formula is C15H20N4O4. The molecule has 0 unspecified atom stereocenters. The molecule has 2 aromatic heterocycles. The highest BCUT2D eigenvalue weighted by Crippen LogP contribution is 2.15. The number of aryl methyl sites for hydroxylation is 1. The Labute approximate surface area is 133 Å². The van der Waals surface area contributed by atoms with E-state index in [0.717, 1.165) is 18.6 Å². The highest BCUT2D eigenvalue weighted by molar-refractivity contribution is 5.74. The number of aromatic nitrogens is 2. The Balaban J connectivity index is 1.36. The minimum atomic E-state index is -0.0765. The SMILES string of the molecule is Cc1noc(COC2CCN(C(=O)NCc3ccco3)CC2)n1. The molecule has 3 heterocycles. The maximum absolute atomic E-state index is 12.1. The smallest absolute Gasteiger partial charge is 0.317 e. The number of nitrogens with one attached hydrogen (secondary N) is 1. The predicted octanol–water partition coefficient (Wildman–Crippen LogP) is 1.86. The molecular weight excluding hydrogens is 300 g/mol. The van der Waals surface area contributed by atoms with Gasteiger partial charge in [0.25, 0.3) is 5.89 Å². The van der Waals surface area contributed by atoms with Gasteiger partial charge in [0.05, 0.1) is 18.9 Å². The van der Waals surface area contributed by atoms with Gasteiger partial charge < -0.3 is 23.9 Å². The lowest BCUT2D eigenvalue weighted by Gasteiger charge is -2.31. The summed E-state index contributed by atoms with van der Waals surface area (Å²) in [6.45, 7) is 3.82. The molecule has 0 spiro atoms. The summed E-state index contributed by atoms with van der Waals surface area (Å²) in [4.78, 5) is 18.0. The quantitative estimate of drug-likeness (QED) is 0.904. The zero-order valence-corrected chi connectivity index (χ0v) is 13.0. The highest BCUT2D eigenvalue weighted by atomic mass is 16.5. The topological polar surface area (TPSA) is 93.6 Å². The first kappa shape index (κ1) is 15.5. The van der Waals surface area contributed by atoms with Crippen LogP contribution in [0.2, 0.25) is 0 Å². The van der Waals surface area contributed by atoms with Crippen molar-refractivity contribution in [2.24, 2.45) is 0 Å². The van der Waals surface area contributed by atoms with Gasteiger partial charge in [-0.05, 0) is 31.9 Å². The van der Waals surface area contributed by atoms with E-state index in [4.69, 9.17) is 13.7 Å². The first-order chi connectivity index (χ1) is 11.2. The lowest BCUT2D eigenvalue weighted by molar-refractivity contribution is -0.00615. The van der Waals surface area contributed by atoms with Crippen LogP contribution in [0.3, 0.4) is 0 Å². The molecule has 0 bridgehead atoms. The van der Waals surface area contributed by atoms with Crippen LogP contribution in [0.4, 0.5) is 4.79 Å². The number of piperidine rings is 1. The van der Waals surface area contributed by atoms with E-state index in [1.54, 1.807) is 24.2 Å². The zero-order chi connectivity index (χ0) is 16.1. The van der Waals surface area contributed by atoms with Gasteiger partial charge in [-0.1, -0.05) is 5.16 Å². The maximum atomic E-state index is 12.1. The number of carbonyl (C=O) groups excluding carboxylic acids is 1. The summed E-state index contributed by atoms with van der Waals surface area (Å²) in [5.74, 6) is 1.83. The predicted molar refractivity (Wildman–Crippen MR) is 79.4 cm³/mol. The summed E-state index contributed by atoms with van der Waals surface area (Å²) >= 11 is 0. The molecule has 1 aliphatic rings. The molecule has 1 saturated heterocycles. The van der Waals surface area contributed by atoms with Gasteiger partial charge in [-0.3, -0.25) is 0 Å². The normalized spacial score (nSPS) is 15.8. The Morgan fingerprint density at radius 1 is 1.48 bits per heavy atom. The minimum absolute atomic E-state index is 0.0765. The molecule has 8 heteroatoms. The number of rotatable bonds is 5. The van der Waals surface area contributed by atoms with Crippen molar-refractivity contribution in [2.45, 2.75) is 39.0 Å². The van der Waals surface area contributed by atoms with Crippen LogP contribution in [0.1, 0.15) is 30.3 Å². The number of hydrogen-bond donors (Lipinski definition) is 1. The summed E-state index contributed by atoms with van der Waals surface area (Å²) in [6, 6.07) is 3.56. The molecule has 0 saturated carbocycles. The second-order valence-corrected chi connectivity index (χ2v) is 5.47. The first-order valence-corrected chi connectivity index (χ1v) is 7.66. The zero-order valence-electron chi connectivity index (χ0n) is 13.0. The van der Waals surface area contributed by atoms with E-state index in [2.05, 4.69) is 15.5 Å². The monoisotopic (exact) mass is 320 g/mol. The van der Waals surface area contributed by atoms with Gasteiger partial charge >= 0.3 is 6.03 Å². The largest absolute Gasteiger partial charge is 0.467 e. The van der Waals surface area contributed by atoms with Gasteiger partial charge in [0, 0.05) is 13.1 Å². The van der Waals surface area contributed by atoms with Crippen LogP contribution in [0.25, 0.3) is 0 Å². The second-order valence-electron chi connectivity index (χ2n) is 5.47. The van der Waals surface area contributed by atoms with E-state index in [-0.39, 0.29) is 12.1 Å². The Bertz CT molecular complexity index is 617. The highest BCUT2D eigenvalue weighted by Gasteiger charge is 2.23. The number of furan rings is 1. The van der Waals surface area contributed by atoms with Crippen molar-refractivity contribution >= 4 is 6.03 Å². The van der Waals surface area contributed by atoms with Crippen molar-refractivity contribution in [3.63, 3.8) is 0 Å². The number of carbonyl (C=O) groups is 1. The number of urea groups is 1. The summed E-state index contributed by atoms with van der Waals surface area (Å²) in [5.41, 5.74) is 0. The van der Waals surface area contributed by atoms with Gasteiger partial charge in [-0.15, -0.1) is 0 Å². The third kappa shape index (κ3) is 4.32. The molecule has 1 fully saturated rings. The number of ether oxygens (including phenoxy) is 1. The van der Waals surface area contributed by atoms with Gasteiger partial charge in [0.1, 0.15) is 12.4 Å². The summed E-state index contributed by atoms with van der Waals surface area (Å²) in [7, 11) is 0. The fraction of sp³-hybridized carbons (Fsp3) is 0.533. The van der Waals surface area contributed by atoms with Gasteiger partial charge in [-0.2, -0.15) is 4.98 Å². The van der Waals surface area contributed by atoms with Gasteiger partial charge in [0.2, 0.25) is 0 Å². The molecule has 8 nitrogen and oxygen atoms in total. The van der Waals surface area contributed by atoms with Gasteiger partial charge in [0.15, 0.2) is 5.82 Å². The third-order valence-corrected chi connectivity index (χ3v) is 3.74. The number of likely N-dealkylation sites (tertiary alicyclic amines) is 1. The van der Waals surface area contributed by atoms with E-state index in [1.807, 2.05) is 6.07 Å². The Morgan fingerprint density at radius 3 is 2.96 bits per heavy atom. The molecule has 1 N–H and O–H groups in total. The molecule has 0 aromatic carbocycles. The standard InChI is InChI=1S/C15H20N4O4/c1-11-17-14(23-18-11)10-22-12-4-6-19(7-5-12)15(20)16-9-13-3-2-8-21-13/h2-3,8,12H,4-7,9-10H2,1H3,(H,16,20). The average molecular weight is 320 g/mol. The molecule has 3 rings (SSSR count). The molecule has 23 heavy (non-hydrogen) atoms. The number of nitrogens with zero attached hydrogens (tertiary/aromatic N) is 3. The van der Waals surface area contributed by atoms with Gasteiger partial charge in [-0.25, -0.2) is 4.79 Å². The molecule has 0 atom stereocenters. The van der Waals surface area contributed by atoms with E-state index >= 15 is 0 Å².